The smallest absolute Gasteiger partial charge is 0.532 e. The van der Waals surface area contributed by atoms with Gasteiger partial charge in [0.05, 0.1) is 0 Å². The third-order valence-electron chi connectivity index (χ3n) is 3.63. The van der Waals surface area contributed by atoms with Gasteiger partial charge in [-0.15, -0.1) is 0 Å². The summed E-state index contributed by atoms with van der Waals surface area (Å²) in [7, 11) is -0.985. The number of fused-ring (bicyclic) bond motifs is 2. The molecule has 0 saturated carbocycles. The van der Waals surface area contributed by atoms with Crippen molar-refractivity contribution in [2.24, 2.45) is 0 Å². The molecule has 0 fully saturated rings. The third-order valence-corrected chi connectivity index (χ3v) is 3.63. The van der Waals surface area contributed by atoms with Crippen molar-refractivity contribution in [3.05, 3.63) is 60.9 Å². The molecule has 0 spiro atoms. The molecule has 5 heteroatoms. The lowest BCUT2D eigenvalue weighted by molar-refractivity contribution is 0.433. The summed E-state index contributed by atoms with van der Waals surface area (Å²) >= 11 is 0. The van der Waals surface area contributed by atoms with Gasteiger partial charge in [-0.05, 0) is 47.2 Å². The molecule has 2 aromatic heterocycles. The first-order valence-electron chi connectivity index (χ1n) is 6.78. The highest BCUT2D eigenvalue weighted by Crippen LogP contribution is 2.20. The predicted molar refractivity (Wildman–Crippen MR) is 84.8 cm³/mol. The van der Waals surface area contributed by atoms with Gasteiger partial charge in [0.15, 0.2) is 0 Å². The van der Waals surface area contributed by atoms with Crippen LogP contribution < -0.4 is 10.1 Å². The van der Waals surface area contributed by atoms with E-state index in [0.29, 0.717) is 5.75 Å². The van der Waals surface area contributed by atoms with E-state index >= 15 is 0 Å². The third kappa shape index (κ3) is 2.17. The molecular formula is C16H13BN2O2. The first kappa shape index (κ1) is 12.1. The van der Waals surface area contributed by atoms with Crippen molar-refractivity contribution >= 4 is 34.4 Å². The Kier molecular flexibility index (Phi) is 2.72. The summed E-state index contributed by atoms with van der Waals surface area (Å²) in [6, 6.07) is 15.3. The Hall–Kier alpha value is -2.66. The maximum absolute atomic E-state index is 10.3. The molecule has 0 aliphatic heterocycles. The van der Waals surface area contributed by atoms with Gasteiger partial charge in [-0.2, -0.15) is 0 Å². The number of hydrogen-bond acceptors (Lipinski definition) is 2. The summed E-state index contributed by atoms with van der Waals surface area (Å²) in [5.41, 5.74) is 2.82. The van der Waals surface area contributed by atoms with E-state index in [9.17, 15) is 5.02 Å². The Labute approximate surface area is 121 Å². The van der Waals surface area contributed by atoms with Crippen LogP contribution >= 0.6 is 0 Å². The summed E-state index contributed by atoms with van der Waals surface area (Å²) in [5, 5.41) is 12.4. The van der Waals surface area contributed by atoms with Gasteiger partial charge in [-0.1, -0.05) is 12.1 Å². The minimum absolute atomic E-state index is 0.642. The number of H-pyrrole nitrogens is 2. The van der Waals surface area contributed by atoms with E-state index in [0.717, 1.165) is 27.3 Å². The van der Waals surface area contributed by atoms with Gasteiger partial charge in [0.25, 0.3) is 0 Å². The molecule has 2 aromatic carbocycles. The summed E-state index contributed by atoms with van der Waals surface area (Å²) in [6.07, 6.45) is 3.76. The number of hydrogen-bond donors (Lipinski definition) is 3. The highest BCUT2D eigenvalue weighted by Gasteiger charge is 2.19. The van der Waals surface area contributed by atoms with Crippen molar-refractivity contribution in [2.45, 2.75) is 0 Å². The van der Waals surface area contributed by atoms with E-state index < -0.39 is 7.12 Å². The molecule has 4 rings (SSSR count). The van der Waals surface area contributed by atoms with E-state index in [1.54, 1.807) is 0 Å². The Balaban J connectivity index is 1.62. The lowest BCUT2D eigenvalue weighted by atomic mass is 9.79. The van der Waals surface area contributed by atoms with Crippen molar-refractivity contribution in [2.75, 3.05) is 0 Å². The van der Waals surface area contributed by atoms with E-state index in [2.05, 4.69) is 9.97 Å². The standard InChI is InChI=1S/C16H13BN2O2/c20-17(13-1-3-15-11(9-13)5-7-18-15)21-14-2-4-16-12(10-14)6-8-19-16/h1-10,18-20H. The lowest BCUT2D eigenvalue weighted by Crippen LogP contribution is -2.36. The summed E-state index contributed by atoms with van der Waals surface area (Å²) < 4.78 is 5.63. The van der Waals surface area contributed by atoms with Crippen LogP contribution in [0.3, 0.4) is 0 Å². The van der Waals surface area contributed by atoms with Gasteiger partial charge >= 0.3 is 7.12 Å². The van der Waals surface area contributed by atoms with Crippen LogP contribution in [0.25, 0.3) is 21.8 Å². The predicted octanol–water partition coefficient (Wildman–Crippen LogP) is 2.42. The van der Waals surface area contributed by atoms with E-state index in [-0.39, 0.29) is 0 Å². The number of benzene rings is 2. The second kappa shape index (κ2) is 4.72. The van der Waals surface area contributed by atoms with E-state index in [1.807, 2.05) is 60.9 Å². The van der Waals surface area contributed by atoms with Crippen molar-refractivity contribution in [1.82, 2.24) is 9.97 Å². The van der Waals surface area contributed by atoms with Crippen LogP contribution in [-0.4, -0.2) is 22.1 Å². The molecule has 4 nitrogen and oxygen atoms in total. The Morgan fingerprint density at radius 3 is 2.24 bits per heavy atom. The molecule has 2 heterocycles. The Bertz CT molecular complexity index is 913. The number of aromatic nitrogens is 2. The highest BCUT2D eigenvalue weighted by molar-refractivity contribution is 6.61. The van der Waals surface area contributed by atoms with Gasteiger partial charge < -0.3 is 19.6 Å². The maximum atomic E-state index is 10.3. The second-order valence-corrected chi connectivity index (χ2v) is 5.02. The van der Waals surface area contributed by atoms with Gasteiger partial charge in [0.1, 0.15) is 5.75 Å². The molecule has 102 valence electrons. The number of aromatic amines is 2. The van der Waals surface area contributed by atoms with Crippen LogP contribution in [0.2, 0.25) is 0 Å². The first-order valence-corrected chi connectivity index (χ1v) is 6.78. The molecule has 0 aliphatic rings. The normalized spacial score (nSPS) is 11.1. The maximum Gasteiger partial charge on any atom is 0.560 e. The summed E-state index contributed by atoms with van der Waals surface area (Å²) in [6.45, 7) is 0. The van der Waals surface area contributed by atoms with Crippen molar-refractivity contribution in [3.8, 4) is 5.75 Å². The molecule has 0 bridgehead atoms. The van der Waals surface area contributed by atoms with Gasteiger partial charge in [-0.25, -0.2) is 0 Å². The molecule has 0 atom stereocenters. The van der Waals surface area contributed by atoms with Crippen molar-refractivity contribution < 1.29 is 9.68 Å². The van der Waals surface area contributed by atoms with Gasteiger partial charge in [0.2, 0.25) is 0 Å². The first-order chi connectivity index (χ1) is 10.3. The number of rotatable bonds is 3. The Morgan fingerprint density at radius 2 is 1.48 bits per heavy atom. The van der Waals surface area contributed by atoms with Gasteiger partial charge in [0, 0.05) is 28.8 Å². The fraction of sp³-hybridized carbons (Fsp3) is 0. The largest absolute Gasteiger partial charge is 0.560 e. The summed E-state index contributed by atoms with van der Waals surface area (Å²) in [5.74, 6) is 0.642. The molecule has 0 unspecified atom stereocenters. The van der Waals surface area contributed by atoms with Crippen LogP contribution in [0, 0.1) is 0 Å². The zero-order valence-electron chi connectivity index (χ0n) is 11.2. The van der Waals surface area contributed by atoms with Crippen LogP contribution in [-0.2, 0) is 0 Å². The van der Waals surface area contributed by atoms with Crippen LogP contribution in [0.1, 0.15) is 0 Å². The minimum Gasteiger partial charge on any atom is -0.532 e. The van der Waals surface area contributed by atoms with Crippen LogP contribution in [0.15, 0.2) is 60.9 Å². The molecular weight excluding hydrogens is 263 g/mol. The quantitative estimate of drug-likeness (QED) is 0.503. The average Bonchev–Trinajstić information content (AvgIpc) is 3.14. The molecule has 4 aromatic rings. The van der Waals surface area contributed by atoms with Crippen LogP contribution in [0.4, 0.5) is 0 Å². The number of nitrogens with one attached hydrogen (secondary N) is 2. The SMILES string of the molecule is OB(Oc1ccc2[nH]ccc2c1)c1ccc2[nH]ccc2c1. The lowest BCUT2D eigenvalue weighted by Gasteiger charge is -2.10. The molecule has 0 aliphatic carbocycles. The fourth-order valence-electron chi connectivity index (χ4n) is 2.53. The minimum atomic E-state index is -0.985. The second-order valence-electron chi connectivity index (χ2n) is 5.02. The molecule has 3 N–H and O–H groups in total. The summed E-state index contributed by atoms with van der Waals surface area (Å²) in [4.78, 5) is 6.25. The molecule has 21 heavy (non-hydrogen) atoms. The highest BCUT2D eigenvalue weighted by atomic mass is 16.5. The zero-order valence-corrected chi connectivity index (χ0v) is 11.2. The fourth-order valence-corrected chi connectivity index (χ4v) is 2.53. The average molecular weight is 276 g/mol. The van der Waals surface area contributed by atoms with E-state index in [4.69, 9.17) is 4.65 Å². The Morgan fingerprint density at radius 1 is 0.810 bits per heavy atom. The molecule has 0 radical (unpaired) electrons. The van der Waals surface area contributed by atoms with Gasteiger partial charge in [-0.3, -0.25) is 0 Å². The molecule has 0 amide bonds. The zero-order chi connectivity index (χ0) is 14.2. The monoisotopic (exact) mass is 276 g/mol. The molecule has 0 saturated heterocycles. The topological polar surface area (TPSA) is 61.0 Å². The van der Waals surface area contributed by atoms with E-state index in [1.165, 1.54) is 0 Å². The van der Waals surface area contributed by atoms with Crippen LogP contribution in [0.5, 0.6) is 5.75 Å². The van der Waals surface area contributed by atoms with Crippen molar-refractivity contribution in [1.29, 1.82) is 0 Å². The van der Waals surface area contributed by atoms with Crippen molar-refractivity contribution in [3.63, 3.8) is 0 Å².